The normalized spacial score (nSPS) is 38.9. The third-order valence-corrected chi connectivity index (χ3v) is 8.73. The first-order valence-corrected chi connectivity index (χ1v) is 12.4. The average Bonchev–Trinajstić information content (AvgIpc) is 3.01. The van der Waals surface area contributed by atoms with Crippen LogP contribution in [0.1, 0.15) is 79.6 Å². The van der Waals surface area contributed by atoms with Crippen LogP contribution in [0.15, 0.2) is 47.6 Å². The molecule has 0 aromatic carbocycles. The molecule has 3 fully saturated rings. The van der Waals surface area contributed by atoms with Crippen molar-refractivity contribution in [2.45, 2.75) is 91.8 Å². The minimum absolute atomic E-state index is 0.120. The molecular weight excluding hydrogens is 384 g/mol. The molecule has 0 amide bonds. The Bertz CT molecular complexity index is 731. The molecule has 2 N–H and O–H groups in total. The fraction of sp³-hybridized carbons (Fsp3) is 0.714. The maximum Gasteiger partial charge on any atom is 0.0970 e. The molecule has 1 unspecified atom stereocenters. The van der Waals surface area contributed by atoms with E-state index in [2.05, 4.69) is 70.4 Å². The van der Waals surface area contributed by atoms with Gasteiger partial charge >= 0.3 is 0 Å². The van der Waals surface area contributed by atoms with E-state index < -0.39 is 0 Å². The molecule has 3 saturated carbocycles. The Kier molecular flexibility index (Phi) is 8.05. The number of hydrogen-bond donors (Lipinski definition) is 2. The zero-order valence-electron chi connectivity index (χ0n) is 20.3. The lowest BCUT2D eigenvalue weighted by atomic mass is 9.61. The van der Waals surface area contributed by atoms with E-state index in [4.69, 9.17) is 5.26 Å². The molecule has 3 aliphatic carbocycles. The van der Waals surface area contributed by atoms with E-state index in [1.807, 2.05) is 0 Å². The molecule has 31 heavy (non-hydrogen) atoms. The molecule has 3 rings (SSSR count). The van der Waals surface area contributed by atoms with Gasteiger partial charge in [-0.2, -0.15) is 0 Å². The summed E-state index contributed by atoms with van der Waals surface area (Å²) in [5, 5.41) is 20.2. The summed E-state index contributed by atoms with van der Waals surface area (Å²) < 4.78 is 0. The monoisotopic (exact) mass is 428 g/mol. The fourth-order valence-electron chi connectivity index (χ4n) is 6.41. The van der Waals surface area contributed by atoms with E-state index >= 15 is 0 Å². The first-order valence-electron chi connectivity index (χ1n) is 12.4. The van der Waals surface area contributed by atoms with Gasteiger partial charge in [-0.15, -0.1) is 0 Å². The van der Waals surface area contributed by atoms with Crippen molar-refractivity contribution >= 4 is 0 Å². The number of fused-ring (bicyclic) bond motifs is 1. The van der Waals surface area contributed by atoms with E-state index in [0.29, 0.717) is 29.6 Å². The van der Waals surface area contributed by atoms with Crippen molar-refractivity contribution in [3.05, 3.63) is 47.6 Å². The van der Waals surface area contributed by atoms with Crippen LogP contribution in [0.4, 0.5) is 0 Å². The maximum absolute atomic E-state index is 11.1. The van der Waals surface area contributed by atoms with Gasteiger partial charge in [0.2, 0.25) is 0 Å². The highest BCUT2D eigenvalue weighted by Crippen LogP contribution is 2.59. The topological polar surface area (TPSA) is 49.7 Å². The first kappa shape index (κ1) is 24.5. The van der Waals surface area contributed by atoms with Gasteiger partial charge in [0.05, 0.1) is 12.2 Å². The lowest BCUT2D eigenvalue weighted by Gasteiger charge is -2.44. The van der Waals surface area contributed by atoms with Crippen LogP contribution in [0.3, 0.4) is 0 Å². The predicted molar refractivity (Wildman–Crippen MR) is 129 cm³/mol. The zero-order chi connectivity index (χ0) is 22.8. The smallest absolute Gasteiger partial charge is 0.0970 e. The van der Waals surface area contributed by atoms with Crippen molar-refractivity contribution in [1.29, 1.82) is 0 Å². The van der Waals surface area contributed by atoms with Crippen LogP contribution in [-0.2, 0) is 4.89 Å². The molecule has 7 atom stereocenters. The predicted octanol–water partition coefficient (Wildman–Crippen LogP) is 7.11. The summed E-state index contributed by atoms with van der Waals surface area (Å²) in [7, 11) is 0. The third-order valence-electron chi connectivity index (χ3n) is 8.73. The van der Waals surface area contributed by atoms with E-state index in [-0.39, 0.29) is 17.6 Å². The molecule has 0 spiro atoms. The Balaban J connectivity index is 1.80. The Morgan fingerprint density at radius 3 is 2.55 bits per heavy atom. The van der Waals surface area contributed by atoms with Crippen molar-refractivity contribution in [1.82, 2.24) is 0 Å². The minimum Gasteiger partial charge on any atom is -0.393 e. The van der Waals surface area contributed by atoms with Gasteiger partial charge in [-0.3, -0.25) is 5.26 Å². The van der Waals surface area contributed by atoms with E-state index in [1.54, 1.807) is 0 Å². The summed E-state index contributed by atoms with van der Waals surface area (Å²) in [5.41, 5.74) is 3.98. The van der Waals surface area contributed by atoms with Crippen LogP contribution in [0, 0.1) is 35.0 Å². The third kappa shape index (κ3) is 5.26. The summed E-state index contributed by atoms with van der Waals surface area (Å²) >= 11 is 0. The second-order valence-electron chi connectivity index (χ2n) is 11.1. The molecule has 0 aromatic heterocycles. The molecule has 0 heterocycles. The number of hydrogen-bond acceptors (Lipinski definition) is 3. The summed E-state index contributed by atoms with van der Waals surface area (Å²) in [6.45, 7) is 15.8. The lowest BCUT2D eigenvalue weighted by molar-refractivity contribution is -0.280. The van der Waals surface area contributed by atoms with Crippen LogP contribution in [0.2, 0.25) is 0 Å². The number of rotatable bonds is 6. The molecule has 3 aliphatic rings. The van der Waals surface area contributed by atoms with E-state index in [0.717, 1.165) is 37.7 Å². The van der Waals surface area contributed by atoms with Crippen LogP contribution >= 0.6 is 0 Å². The average molecular weight is 429 g/mol. The van der Waals surface area contributed by atoms with Gasteiger partial charge in [0.1, 0.15) is 0 Å². The van der Waals surface area contributed by atoms with Gasteiger partial charge in [-0.25, -0.2) is 4.89 Å². The van der Waals surface area contributed by atoms with Gasteiger partial charge in [-0.05, 0) is 79.1 Å². The van der Waals surface area contributed by atoms with Crippen molar-refractivity contribution in [2.75, 3.05) is 0 Å². The Morgan fingerprint density at radius 2 is 1.87 bits per heavy atom. The zero-order valence-corrected chi connectivity index (χ0v) is 20.3. The summed E-state index contributed by atoms with van der Waals surface area (Å²) in [6.07, 6.45) is 15.7. The molecule has 174 valence electrons. The summed E-state index contributed by atoms with van der Waals surface area (Å²) in [4.78, 5) is 4.61. The van der Waals surface area contributed by atoms with Crippen LogP contribution < -0.4 is 0 Å². The number of allylic oxidation sites excluding steroid dienone is 6. The molecule has 0 saturated heterocycles. The fourth-order valence-corrected chi connectivity index (χ4v) is 6.41. The molecule has 0 aromatic rings. The van der Waals surface area contributed by atoms with Crippen molar-refractivity contribution in [3.8, 4) is 0 Å². The van der Waals surface area contributed by atoms with E-state index in [1.165, 1.54) is 24.0 Å². The van der Waals surface area contributed by atoms with Gasteiger partial charge in [0, 0.05) is 6.42 Å². The van der Waals surface area contributed by atoms with Crippen LogP contribution in [0.5, 0.6) is 0 Å². The molecule has 0 bridgehead atoms. The van der Waals surface area contributed by atoms with E-state index in [9.17, 15) is 5.11 Å². The van der Waals surface area contributed by atoms with Gasteiger partial charge in [0.25, 0.3) is 0 Å². The van der Waals surface area contributed by atoms with Gasteiger partial charge < -0.3 is 5.11 Å². The Hall–Kier alpha value is -1.16. The largest absolute Gasteiger partial charge is 0.393 e. The summed E-state index contributed by atoms with van der Waals surface area (Å²) in [6, 6.07) is 0. The van der Waals surface area contributed by atoms with Gasteiger partial charge in [-0.1, -0.05) is 76.6 Å². The molecule has 0 aliphatic heterocycles. The van der Waals surface area contributed by atoms with Gasteiger partial charge in [0.15, 0.2) is 0 Å². The highest BCUT2D eigenvalue weighted by Gasteiger charge is 2.54. The van der Waals surface area contributed by atoms with Crippen molar-refractivity contribution < 1.29 is 15.3 Å². The SMILES string of the molecule is C=C1CC[C@H](OO)C/C1=C\C=C1/CCC[C@@]2(C)[C@@H]([C@H](C)/C=C/[C@H](C)C(C)C)C(O)C[C@@H]12. The molecule has 3 heteroatoms. The summed E-state index contributed by atoms with van der Waals surface area (Å²) in [5.74, 6) is 2.33. The second kappa shape index (κ2) is 10.2. The van der Waals surface area contributed by atoms with Crippen molar-refractivity contribution in [2.24, 2.45) is 35.0 Å². The highest BCUT2D eigenvalue weighted by atomic mass is 17.1. The first-order chi connectivity index (χ1) is 14.7. The standard InChI is InChI=1S/C28H44O3/c1-18(2)19(3)9-10-21(5)27-26(29)17-25-22(8-7-15-28(25,27)6)12-13-23-16-24(31-30)14-11-20(23)4/h9-10,12-13,18-19,21,24-27,29-30H,4,7-8,11,14-17H2,1-3,5-6H3/b10-9+,22-12+,23-13+/t19-,21+,24-,25-,26?,27-,28+/m0/s1. The minimum atomic E-state index is -0.241. The van der Waals surface area contributed by atoms with Crippen LogP contribution in [-0.4, -0.2) is 22.6 Å². The Morgan fingerprint density at radius 1 is 1.13 bits per heavy atom. The quantitative estimate of drug-likeness (QED) is 0.269. The molecular formula is C28H44O3. The number of aliphatic hydroxyl groups excluding tert-OH is 1. The van der Waals surface area contributed by atoms with Crippen LogP contribution in [0.25, 0.3) is 0 Å². The highest BCUT2D eigenvalue weighted by molar-refractivity contribution is 5.36. The molecule has 0 radical (unpaired) electrons. The lowest BCUT2D eigenvalue weighted by Crippen LogP contribution is -2.38. The Labute approximate surface area is 189 Å². The second-order valence-corrected chi connectivity index (χ2v) is 11.1. The maximum atomic E-state index is 11.1. The number of aliphatic hydroxyl groups is 1. The van der Waals surface area contributed by atoms with Crippen molar-refractivity contribution in [3.63, 3.8) is 0 Å². The molecule has 3 nitrogen and oxygen atoms in total.